The van der Waals surface area contributed by atoms with Crippen molar-refractivity contribution in [2.45, 2.75) is 45.6 Å². The Kier molecular flexibility index (Phi) is 6.24. The Morgan fingerprint density at radius 2 is 1.78 bits per heavy atom. The van der Waals surface area contributed by atoms with Crippen LogP contribution in [0.4, 0.5) is 5.69 Å². The number of benzene rings is 1. The molecule has 0 saturated carbocycles. The summed E-state index contributed by atoms with van der Waals surface area (Å²) in [4.78, 5) is 34.2. The minimum atomic E-state index is -0.856. The third-order valence-corrected chi connectivity index (χ3v) is 2.87. The second kappa shape index (κ2) is 7.71. The number of nitrogens with zero attached hydrogens (tertiary/aromatic N) is 1. The Morgan fingerprint density at radius 1 is 1.22 bits per heavy atom. The van der Waals surface area contributed by atoms with E-state index in [1.54, 1.807) is 27.7 Å². The zero-order valence-corrected chi connectivity index (χ0v) is 13.7. The topological polar surface area (TPSA) is 95.7 Å². The monoisotopic (exact) mass is 323 g/mol. The number of carbonyl (C=O) groups is 2. The van der Waals surface area contributed by atoms with Crippen molar-refractivity contribution >= 4 is 17.6 Å². The third kappa shape index (κ3) is 6.06. The molecule has 0 aliphatic rings. The summed E-state index contributed by atoms with van der Waals surface area (Å²) in [6.45, 7) is 7.04. The molecule has 126 valence electrons. The molecule has 1 rings (SSSR count). The van der Waals surface area contributed by atoms with Crippen LogP contribution >= 0.6 is 0 Å². The van der Waals surface area contributed by atoms with Crippen molar-refractivity contribution in [3.63, 3.8) is 0 Å². The fourth-order valence-corrected chi connectivity index (χ4v) is 1.96. The van der Waals surface area contributed by atoms with Gasteiger partial charge in [0.05, 0.1) is 23.9 Å². The van der Waals surface area contributed by atoms with E-state index in [-0.39, 0.29) is 18.7 Å². The zero-order chi connectivity index (χ0) is 17.6. The van der Waals surface area contributed by atoms with Crippen molar-refractivity contribution < 1.29 is 24.0 Å². The molecule has 1 atom stereocenters. The lowest BCUT2D eigenvalue weighted by Crippen LogP contribution is -2.27. The van der Waals surface area contributed by atoms with Crippen molar-refractivity contribution in [1.82, 2.24) is 0 Å². The lowest BCUT2D eigenvalue weighted by atomic mass is 9.95. The van der Waals surface area contributed by atoms with Gasteiger partial charge in [0.1, 0.15) is 5.60 Å². The van der Waals surface area contributed by atoms with Crippen molar-refractivity contribution in [2.24, 2.45) is 0 Å². The smallest absolute Gasteiger partial charge is 0.313 e. The van der Waals surface area contributed by atoms with Crippen LogP contribution in [0.25, 0.3) is 0 Å². The van der Waals surface area contributed by atoms with Crippen molar-refractivity contribution in [2.75, 3.05) is 6.61 Å². The fraction of sp³-hybridized carbons (Fsp3) is 0.500. The van der Waals surface area contributed by atoms with Gasteiger partial charge in [0.2, 0.25) is 0 Å². The molecule has 0 aliphatic carbocycles. The van der Waals surface area contributed by atoms with Gasteiger partial charge in [-0.3, -0.25) is 19.7 Å². The van der Waals surface area contributed by atoms with Crippen LogP contribution < -0.4 is 0 Å². The number of rotatable bonds is 6. The van der Waals surface area contributed by atoms with E-state index in [0.717, 1.165) is 0 Å². The first kappa shape index (κ1) is 18.6. The molecule has 0 aliphatic heterocycles. The van der Waals surface area contributed by atoms with Crippen molar-refractivity contribution in [1.29, 1.82) is 0 Å². The van der Waals surface area contributed by atoms with Crippen LogP contribution in [0, 0.1) is 10.1 Å². The van der Waals surface area contributed by atoms with E-state index in [1.807, 2.05) is 0 Å². The largest absolute Gasteiger partial charge is 0.466 e. The van der Waals surface area contributed by atoms with E-state index in [9.17, 15) is 19.7 Å². The van der Waals surface area contributed by atoms with Gasteiger partial charge < -0.3 is 9.47 Å². The summed E-state index contributed by atoms with van der Waals surface area (Å²) in [6.07, 6.45) is -0.187. The van der Waals surface area contributed by atoms with Gasteiger partial charge in [-0.05, 0) is 33.3 Å². The van der Waals surface area contributed by atoms with Crippen LogP contribution in [0.5, 0.6) is 0 Å². The van der Waals surface area contributed by atoms with Gasteiger partial charge in [-0.1, -0.05) is 12.1 Å². The molecular weight excluding hydrogens is 302 g/mol. The van der Waals surface area contributed by atoms with Gasteiger partial charge in [-0.25, -0.2) is 0 Å². The van der Waals surface area contributed by atoms with Crippen LogP contribution in [-0.4, -0.2) is 29.1 Å². The molecule has 1 aromatic carbocycles. The molecule has 0 N–H and O–H groups in total. The SMILES string of the molecule is CCOC(=O)[C@@H](CC(=O)OC(C)(C)C)c1ccc([N+](=O)[O-])cc1. The lowest BCUT2D eigenvalue weighted by molar-refractivity contribution is -0.384. The Morgan fingerprint density at radius 3 is 2.22 bits per heavy atom. The number of esters is 2. The van der Waals surface area contributed by atoms with Gasteiger partial charge in [0.25, 0.3) is 5.69 Å². The first-order chi connectivity index (χ1) is 10.6. The van der Waals surface area contributed by atoms with Crippen molar-refractivity contribution in [3.8, 4) is 0 Å². The second-order valence-corrected chi connectivity index (χ2v) is 5.94. The first-order valence-corrected chi connectivity index (χ1v) is 7.27. The average Bonchev–Trinajstić information content (AvgIpc) is 2.43. The first-order valence-electron chi connectivity index (χ1n) is 7.27. The second-order valence-electron chi connectivity index (χ2n) is 5.94. The van der Waals surface area contributed by atoms with Crippen LogP contribution in [0.1, 0.15) is 45.6 Å². The summed E-state index contributed by atoms with van der Waals surface area (Å²) in [5.74, 6) is -1.95. The molecule has 0 saturated heterocycles. The molecule has 0 amide bonds. The number of ether oxygens (including phenoxy) is 2. The van der Waals surface area contributed by atoms with Gasteiger partial charge in [-0.2, -0.15) is 0 Å². The molecule has 0 unspecified atom stereocenters. The highest BCUT2D eigenvalue weighted by atomic mass is 16.6. The summed E-state index contributed by atoms with van der Waals surface area (Å²) in [5.41, 5.74) is -0.278. The third-order valence-electron chi connectivity index (χ3n) is 2.87. The Labute approximate surface area is 134 Å². The molecule has 0 spiro atoms. The van der Waals surface area contributed by atoms with Crippen LogP contribution in [0.3, 0.4) is 0 Å². The van der Waals surface area contributed by atoms with Gasteiger partial charge in [0, 0.05) is 12.1 Å². The Hall–Kier alpha value is -2.44. The molecule has 0 radical (unpaired) electrons. The van der Waals surface area contributed by atoms with Crippen molar-refractivity contribution in [3.05, 3.63) is 39.9 Å². The van der Waals surface area contributed by atoms with Gasteiger partial charge in [-0.15, -0.1) is 0 Å². The van der Waals surface area contributed by atoms with Crippen LogP contribution in [-0.2, 0) is 19.1 Å². The van der Waals surface area contributed by atoms with E-state index >= 15 is 0 Å². The van der Waals surface area contributed by atoms with E-state index in [2.05, 4.69) is 0 Å². The number of non-ortho nitro benzene ring substituents is 1. The highest BCUT2D eigenvalue weighted by Crippen LogP contribution is 2.25. The van der Waals surface area contributed by atoms with E-state index in [4.69, 9.17) is 9.47 Å². The molecule has 1 aromatic rings. The minimum Gasteiger partial charge on any atom is -0.466 e. The predicted octanol–water partition coefficient (Wildman–Crippen LogP) is 2.97. The number of carbonyl (C=O) groups excluding carboxylic acids is 2. The molecule has 23 heavy (non-hydrogen) atoms. The van der Waals surface area contributed by atoms with E-state index in [1.165, 1.54) is 24.3 Å². The summed E-state index contributed by atoms with van der Waals surface area (Å²) in [6, 6.07) is 5.47. The molecule has 0 fully saturated rings. The number of nitro benzene ring substituents is 1. The van der Waals surface area contributed by atoms with E-state index < -0.39 is 28.4 Å². The van der Waals surface area contributed by atoms with Crippen LogP contribution in [0.2, 0.25) is 0 Å². The average molecular weight is 323 g/mol. The maximum absolute atomic E-state index is 12.1. The number of hydrogen-bond donors (Lipinski definition) is 0. The summed E-state index contributed by atoms with van der Waals surface area (Å²) in [5, 5.41) is 10.7. The molecule has 0 heterocycles. The maximum Gasteiger partial charge on any atom is 0.313 e. The molecule has 0 bridgehead atoms. The van der Waals surface area contributed by atoms with Gasteiger partial charge in [0.15, 0.2) is 0 Å². The summed E-state index contributed by atoms with van der Waals surface area (Å²) in [7, 11) is 0. The lowest BCUT2D eigenvalue weighted by Gasteiger charge is -2.21. The van der Waals surface area contributed by atoms with Gasteiger partial charge >= 0.3 is 11.9 Å². The highest BCUT2D eigenvalue weighted by molar-refractivity contribution is 5.84. The molecule has 0 aromatic heterocycles. The summed E-state index contributed by atoms with van der Waals surface area (Å²) >= 11 is 0. The van der Waals surface area contributed by atoms with E-state index in [0.29, 0.717) is 5.56 Å². The summed E-state index contributed by atoms with van der Waals surface area (Å²) < 4.78 is 10.2. The molecule has 7 heteroatoms. The Balaban J connectivity index is 2.98. The minimum absolute atomic E-state index is 0.0892. The normalized spacial score (nSPS) is 12.3. The molecular formula is C16H21NO6. The standard InChI is InChI=1S/C16H21NO6/c1-5-22-15(19)13(10-14(18)23-16(2,3)4)11-6-8-12(9-7-11)17(20)21/h6-9,13H,5,10H2,1-4H3/t13-/m0/s1. The Bertz CT molecular complexity index is 573. The predicted molar refractivity (Wildman–Crippen MR) is 82.9 cm³/mol. The fourth-order valence-electron chi connectivity index (χ4n) is 1.96. The zero-order valence-electron chi connectivity index (χ0n) is 13.7. The maximum atomic E-state index is 12.1. The molecule has 7 nitrogen and oxygen atoms in total. The van der Waals surface area contributed by atoms with Crippen LogP contribution in [0.15, 0.2) is 24.3 Å². The number of hydrogen-bond acceptors (Lipinski definition) is 6. The number of nitro groups is 1. The quantitative estimate of drug-likeness (QED) is 0.453. The highest BCUT2D eigenvalue weighted by Gasteiger charge is 2.28.